The summed E-state index contributed by atoms with van der Waals surface area (Å²) in [5, 5.41) is 20.7. The van der Waals surface area contributed by atoms with E-state index in [4.69, 9.17) is 32.7 Å². The van der Waals surface area contributed by atoms with Crippen molar-refractivity contribution in [2.24, 2.45) is 20.3 Å². The number of benzene rings is 3. The molecule has 2 unspecified atom stereocenters. The van der Waals surface area contributed by atoms with Crippen LogP contribution in [0.3, 0.4) is 0 Å². The number of anilines is 1. The topological polar surface area (TPSA) is 103 Å². The van der Waals surface area contributed by atoms with E-state index < -0.39 is 6.17 Å². The highest BCUT2D eigenvalue weighted by molar-refractivity contribution is 6.30. The van der Waals surface area contributed by atoms with Crippen LogP contribution in [-0.2, 0) is 0 Å². The molecule has 0 amide bonds. The third-order valence-electron chi connectivity index (χ3n) is 6.00. The first-order valence-corrected chi connectivity index (χ1v) is 12.2. The number of hydrogen-bond acceptors (Lipinski definition) is 9. The number of halogens is 2. The Hall–Kier alpha value is -4.21. The summed E-state index contributed by atoms with van der Waals surface area (Å²) in [5.41, 5.74) is 11.2. The summed E-state index contributed by atoms with van der Waals surface area (Å²) in [4.78, 5) is 4.80. The quantitative estimate of drug-likeness (QED) is 0.281. The molecule has 2 aliphatic heterocycles. The fourth-order valence-electron chi connectivity index (χ4n) is 4.16. The number of aromatic nitrogens is 1. The Kier molecular flexibility index (Phi) is 6.07. The van der Waals surface area contributed by atoms with Gasteiger partial charge in [0.05, 0.1) is 17.0 Å². The predicted molar refractivity (Wildman–Crippen MR) is 144 cm³/mol. The lowest BCUT2D eigenvalue weighted by Gasteiger charge is -2.29. The van der Waals surface area contributed by atoms with E-state index in [1.54, 1.807) is 24.3 Å². The molecule has 0 bridgehead atoms. The summed E-state index contributed by atoms with van der Waals surface area (Å²) in [6.07, 6.45) is -0.613. The first-order chi connectivity index (χ1) is 18.1. The van der Waals surface area contributed by atoms with Gasteiger partial charge in [-0.05, 0) is 48.9 Å². The molecule has 0 saturated heterocycles. The summed E-state index contributed by atoms with van der Waals surface area (Å²) < 4.78 is 5.72. The second-order valence-corrected chi connectivity index (χ2v) is 9.33. The van der Waals surface area contributed by atoms with Crippen LogP contribution >= 0.6 is 23.2 Å². The molecule has 0 saturated carbocycles. The van der Waals surface area contributed by atoms with Gasteiger partial charge in [0.1, 0.15) is 11.7 Å². The average Bonchev–Trinajstić information content (AvgIpc) is 3.50. The number of hydrogen-bond donors (Lipinski definition) is 2. The van der Waals surface area contributed by atoms with Crippen molar-refractivity contribution in [3.05, 3.63) is 100 Å². The number of rotatable bonds is 4. The van der Waals surface area contributed by atoms with Crippen molar-refractivity contribution in [2.75, 3.05) is 5.43 Å². The van der Waals surface area contributed by atoms with Gasteiger partial charge in [0.15, 0.2) is 0 Å². The van der Waals surface area contributed by atoms with Gasteiger partial charge in [0.25, 0.3) is 0 Å². The number of fused-ring (bicyclic) bond motifs is 1. The van der Waals surface area contributed by atoms with Crippen LogP contribution in [-0.4, -0.2) is 28.0 Å². The average molecular weight is 531 g/mol. The van der Waals surface area contributed by atoms with Gasteiger partial charge in [-0.15, -0.1) is 0 Å². The Morgan fingerprint density at radius 2 is 1.62 bits per heavy atom. The molecular formula is C26H20Cl2N8O. The maximum Gasteiger partial charge on any atom is 0.249 e. The summed E-state index contributed by atoms with van der Waals surface area (Å²) in [7, 11) is 0. The highest BCUT2D eigenvalue weighted by Gasteiger charge is 2.41. The Morgan fingerprint density at radius 1 is 0.919 bits per heavy atom. The minimum Gasteiger partial charge on any atom is -0.336 e. The molecule has 2 N–H and O–H groups in total. The number of azo groups is 1. The number of hydrazine groups is 1. The number of guanidine groups is 1. The minimum absolute atomic E-state index is 0.331. The lowest BCUT2D eigenvalue weighted by atomic mass is 9.96. The number of hydrazone groups is 1. The third-order valence-corrected chi connectivity index (χ3v) is 6.51. The predicted octanol–water partition coefficient (Wildman–Crippen LogP) is 6.83. The van der Waals surface area contributed by atoms with Gasteiger partial charge in [-0.25, -0.2) is 15.4 Å². The van der Waals surface area contributed by atoms with E-state index in [-0.39, 0.29) is 6.04 Å². The molecule has 4 aromatic rings. The van der Waals surface area contributed by atoms with Gasteiger partial charge in [0, 0.05) is 15.6 Å². The summed E-state index contributed by atoms with van der Waals surface area (Å²) >= 11 is 12.2. The second-order valence-electron chi connectivity index (χ2n) is 8.46. The Bertz CT molecular complexity index is 1510. The highest BCUT2D eigenvalue weighted by atomic mass is 35.5. The van der Waals surface area contributed by atoms with E-state index in [0.717, 1.165) is 22.4 Å². The van der Waals surface area contributed by atoms with Crippen LogP contribution in [0.2, 0.25) is 10.0 Å². The molecule has 0 spiro atoms. The summed E-state index contributed by atoms with van der Waals surface area (Å²) in [6.45, 7) is 1.84. The van der Waals surface area contributed by atoms with E-state index in [9.17, 15) is 0 Å². The lowest BCUT2D eigenvalue weighted by Crippen LogP contribution is -2.46. The van der Waals surface area contributed by atoms with Crippen molar-refractivity contribution in [2.45, 2.75) is 19.1 Å². The van der Waals surface area contributed by atoms with E-state index in [2.05, 4.69) is 31.3 Å². The van der Waals surface area contributed by atoms with E-state index in [1.807, 2.05) is 66.5 Å². The number of nitrogens with one attached hydrogen (secondary N) is 2. The molecule has 0 radical (unpaired) electrons. The van der Waals surface area contributed by atoms with E-state index >= 15 is 0 Å². The molecule has 0 fully saturated rings. The van der Waals surface area contributed by atoms with Crippen molar-refractivity contribution in [1.29, 1.82) is 0 Å². The van der Waals surface area contributed by atoms with Gasteiger partial charge in [-0.3, -0.25) is 5.43 Å². The smallest absolute Gasteiger partial charge is 0.249 e. The molecule has 184 valence electrons. The largest absolute Gasteiger partial charge is 0.336 e. The third kappa shape index (κ3) is 4.54. The first kappa shape index (κ1) is 23.2. The molecule has 6 rings (SSSR count). The van der Waals surface area contributed by atoms with Crippen LogP contribution in [0, 0.1) is 0 Å². The van der Waals surface area contributed by atoms with E-state index in [0.29, 0.717) is 33.3 Å². The van der Waals surface area contributed by atoms with Crippen LogP contribution in [0.4, 0.5) is 11.6 Å². The van der Waals surface area contributed by atoms with Gasteiger partial charge in [-0.2, -0.15) is 15.3 Å². The normalized spacial score (nSPS) is 18.7. The lowest BCUT2D eigenvalue weighted by molar-refractivity contribution is 0.389. The molecule has 3 aromatic carbocycles. The summed E-state index contributed by atoms with van der Waals surface area (Å²) in [5.74, 6) is 0.977. The maximum absolute atomic E-state index is 6.19. The number of aliphatic imine (C=N–C) groups is 1. The molecule has 11 heteroatoms. The molecular weight excluding hydrogens is 511 g/mol. The zero-order valence-electron chi connectivity index (χ0n) is 19.5. The van der Waals surface area contributed by atoms with Gasteiger partial charge < -0.3 is 4.52 Å². The zero-order chi connectivity index (χ0) is 25.4. The number of nitrogens with zero attached hydrogens (tertiary/aromatic N) is 6. The minimum atomic E-state index is -0.613. The molecule has 2 atom stereocenters. The van der Waals surface area contributed by atoms with Crippen LogP contribution in [0.15, 0.2) is 104 Å². The van der Waals surface area contributed by atoms with Gasteiger partial charge in [-0.1, -0.05) is 70.8 Å². The Labute approximate surface area is 222 Å². The molecule has 3 heterocycles. The highest BCUT2D eigenvalue weighted by Crippen LogP contribution is 2.45. The first-order valence-electron chi connectivity index (χ1n) is 11.5. The Balaban J connectivity index is 1.38. The molecule has 0 aliphatic carbocycles. The molecule has 1 aromatic heterocycles. The van der Waals surface area contributed by atoms with Crippen LogP contribution in [0.1, 0.15) is 24.1 Å². The van der Waals surface area contributed by atoms with Crippen molar-refractivity contribution >= 4 is 46.4 Å². The van der Waals surface area contributed by atoms with Crippen molar-refractivity contribution < 1.29 is 4.52 Å². The van der Waals surface area contributed by atoms with Crippen LogP contribution < -0.4 is 10.9 Å². The fourth-order valence-corrected chi connectivity index (χ4v) is 4.42. The fraction of sp³-hybridized carbons (Fsp3) is 0.115. The van der Waals surface area contributed by atoms with Gasteiger partial charge >= 0.3 is 0 Å². The van der Waals surface area contributed by atoms with Crippen LogP contribution in [0.25, 0.3) is 11.3 Å². The zero-order valence-corrected chi connectivity index (χ0v) is 21.0. The van der Waals surface area contributed by atoms with Crippen molar-refractivity contribution in [3.63, 3.8) is 0 Å². The monoisotopic (exact) mass is 530 g/mol. The Morgan fingerprint density at radius 3 is 2.35 bits per heavy atom. The SMILES string of the molecule is CC1=NNC(N2Nc3onc(-c4ccccc4)c3C2c2ccc(Cl)cc2)=NC1N=Nc1ccc(Cl)cc1. The second kappa shape index (κ2) is 9.68. The van der Waals surface area contributed by atoms with Gasteiger partial charge in [0.2, 0.25) is 18.0 Å². The molecule has 2 aliphatic rings. The molecule has 9 nitrogen and oxygen atoms in total. The summed E-state index contributed by atoms with van der Waals surface area (Å²) in [6, 6.07) is 24.3. The van der Waals surface area contributed by atoms with Crippen LogP contribution in [0.5, 0.6) is 0 Å². The standard InChI is InChI=1S/C26H20Cl2N8O/c1-15-24(32-31-20-13-11-19(28)12-14-20)29-26(33-30-15)36-23(17-7-9-18(27)10-8-17)21-22(35-37-25(21)34-36)16-5-3-2-4-6-16/h2-14,23-24,34H,1H3,(H,29,33). The van der Waals surface area contributed by atoms with Crippen molar-refractivity contribution in [1.82, 2.24) is 15.6 Å². The molecule has 37 heavy (non-hydrogen) atoms. The maximum atomic E-state index is 6.19. The van der Waals surface area contributed by atoms with E-state index in [1.165, 1.54) is 0 Å². The van der Waals surface area contributed by atoms with Crippen molar-refractivity contribution in [3.8, 4) is 11.3 Å².